The molecule has 0 spiro atoms. The standard InChI is InChI=1S/C14H19N3O2/c1-14(2)11(7-12(14)18-3)17-13-16-9-5-4-8(15)6-10(9)19-13/h4-6,11-12H,7,15H2,1-3H3,(H,16,17). The van der Waals surface area contributed by atoms with E-state index in [1.807, 2.05) is 12.1 Å². The normalized spacial score (nSPS) is 25.2. The third-order valence-electron chi connectivity index (χ3n) is 4.17. The van der Waals surface area contributed by atoms with Crippen LogP contribution in [0.3, 0.4) is 0 Å². The number of aromatic nitrogens is 1. The molecule has 0 saturated heterocycles. The van der Waals surface area contributed by atoms with Gasteiger partial charge in [0, 0.05) is 30.3 Å². The number of anilines is 2. The van der Waals surface area contributed by atoms with E-state index in [1.54, 1.807) is 13.2 Å². The Morgan fingerprint density at radius 2 is 2.26 bits per heavy atom. The van der Waals surface area contributed by atoms with Crippen molar-refractivity contribution in [2.75, 3.05) is 18.2 Å². The van der Waals surface area contributed by atoms with Crippen molar-refractivity contribution in [2.45, 2.75) is 32.4 Å². The lowest BCUT2D eigenvalue weighted by atomic mass is 9.64. The highest BCUT2D eigenvalue weighted by molar-refractivity contribution is 5.78. The maximum Gasteiger partial charge on any atom is 0.295 e. The van der Waals surface area contributed by atoms with Gasteiger partial charge in [0.1, 0.15) is 5.52 Å². The number of hydrogen-bond donors (Lipinski definition) is 2. The highest BCUT2D eigenvalue weighted by Gasteiger charge is 2.49. The van der Waals surface area contributed by atoms with E-state index in [0.29, 0.717) is 23.3 Å². The first-order valence-electron chi connectivity index (χ1n) is 6.46. The van der Waals surface area contributed by atoms with E-state index in [2.05, 4.69) is 24.1 Å². The van der Waals surface area contributed by atoms with Crippen molar-refractivity contribution < 1.29 is 9.15 Å². The van der Waals surface area contributed by atoms with E-state index in [9.17, 15) is 0 Å². The highest BCUT2D eigenvalue weighted by atomic mass is 16.5. The average Bonchev–Trinajstić information content (AvgIpc) is 2.75. The van der Waals surface area contributed by atoms with E-state index in [4.69, 9.17) is 14.9 Å². The minimum Gasteiger partial charge on any atom is -0.423 e. The molecule has 1 aromatic carbocycles. The number of fused-ring (bicyclic) bond motifs is 1. The molecule has 1 aromatic heterocycles. The smallest absolute Gasteiger partial charge is 0.295 e. The Bertz CT molecular complexity index is 606. The van der Waals surface area contributed by atoms with E-state index in [1.165, 1.54) is 0 Å². The molecule has 3 rings (SSSR count). The zero-order valence-electron chi connectivity index (χ0n) is 11.4. The molecular formula is C14H19N3O2. The predicted molar refractivity (Wildman–Crippen MR) is 75.0 cm³/mol. The first-order valence-corrected chi connectivity index (χ1v) is 6.46. The van der Waals surface area contributed by atoms with E-state index < -0.39 is 0 Å². The number of benzene rings is 1. The lowest BCUT2D eigenvalue weighted by Gasteiger charge is -2.50. The van der Waals surface area contributed by atoms with Crippen LogP contribution in [0.25, 0.3) is 11.1 Å². The summed E-state index contributed by atoms with van der Waals surface area (Å²) in [6.45, 7) is 4.37. The first-order chi connectivity index (χ1) is 9.00. The van der Waals surface area contributed by atoms with E-state index >= 15 is 0 Å². The second-order valence-electron chi connectivity index (χ2n) is 5.72. The summed E-state index contributed by atoms with van der Waals surface area (Å²) >= 11 is 0. The number of nitrogen functional groups attached to an aromatic ring is 1. The second-order valence-corrected chi connectivity index (χ2v) is 5.72. The van der Waals surface area contributed by atoms with Crippen LogP contribution in [0.4, 0.5) is 11.7 Å². The SMILES string of the molecule is COC1CC(Nc2nc3ccc(N)cc3o2)C1(C)C. The van der Waals surface area contributed by atoms with Gasteiger partial charge in [-0.25, -0.2) is 0 Å². The molecule has 0 bridgehead atoms. The minimum atomic E-state index is 0.0778. The van der Waals surface area contributed by atoms with Gasteiger partial charge in [-0.15, -0.1) is 0 Å². The fraction of sp³-hybridized carbons (Fsp3) is 0.500. The lowest BCUT2D eigenvalue weighted by molar-refractivity contribution is -0.0799. The maximum atomic E-state index is 5.73. The van der Waals surface area contributed by atoms with Crippen molar-refractivity contribution in [3.63, 3.8) is 0 Å². The number of nitrogens with one attached hydrogen (secondary N) is 1. The Morgan fingerprint density at radius 3 is 2.95 bits per heavy atom. The molecule has 0 radical (unpaired) electrons. The summed E-state index contributed by atoms with van der Waals surface area (Å²) < 4.78 is 11.1. The van der Waals surface area contributed by atoms with E-state index in [-0.39, 0.29) is 11.5 Å². The zero-order valence-corrected chi connectivity index (χ0v) is 11.4. The third-order valence-corrected chi connectivity index (χ3v) is 4.17. The van der Waals surface area contributed by atoms with Gasteiger partial charge in [0.2, 0.25) is 0 Å². The average molecular weight is 261 g/mol. The Kier molecular flexibility index (Phi) is 2.67. The van der Waals surface area contributed by atoms with Crippen LogP contribution >= 0.6 is 0 Å². The summed E-state index contributed by atoms with van der Waals surface area (Å²) in [4.78, 5) is 4.42. The van der Waals surface area contributed by atoms with Crippen LogP contribution in [0.15, 0.2) is 22.6 Å². The Balaban J connectivity index is 1.79. The molecule has 2 atom stereocenters. The molecule has 0 amide bonds. The molecule has 2 unspecified atom stereocenters. The number of nitrogens with zero attached hydrogens (tertiary/aromatic N) is 1. The molecule has 1 heterocycles. The molecule has 1 saturated carbocycles. The monoisotopic (exact) mass is 261 g/mol. The van der Waals surface area contributed by atoms with Crippen molar-refractivity contribution in [3.05, 3.63) is 18.2 Å². The third kappa shape index (κ3) is 1.94. The van der Waals surface area contributed by atoms with Crippen molar-refractivity contribution in [2.24, 2.45) is 5.41 Å². The Morgan fingerprint density at radius 1 is 1.47 bits per heavy atom. The quantitative estimate of drug-likeness (QED) is 0.831. The summed E-state index contributed by atoms with van der Waals surface area (Å²) in [7, 11) is 1.75. The molecular weight excluding hydrogens is 242 g/mol. The van der Waals surface area contributed by atoms with Gasteiger partial charge >= 0.3 is 0 Å². The number of ether oxygens (including phenoxy) is 1. The van der Waals surface area contributed by atoms with Gasteiger partial charge < -0.3 is 20.2 Å². The van der Waals surface area contributed by atoms with Gasteiger partial charge in [-0.05, 0) is 18.6 Å². The molecule has 102 valence electrons. The summed E-state index contributed by atoms with van der Waals surface area (Å²) in [5, 5.41) is 3.34. The van der Waals surface area contributed by atoms with Crippen LogP contribution in [0.1, 0.15) is 20.3 Å². The van der Waals surface area contributed by atoms with Gasteiger partial charge in [0.05, 0.1) is 6.10 Å². The van der Waals surface area contributed by atoms with E-state index in [0.717, 1.165) is 11.9 Å². The van der Waals surface area contributed by atoms with Crippen molar-refractivity contribution in [3.8, 4) is 0 Å². The molecule has 5 nitrogen and oxygen atoms in total. The molecule has 1 aliphatic rings. The number of methoxy groups -OCH3 is 1. The minimum absolute atomic E-state index is 0.0778. The first kappa shape index (κ1) is 12.3. The van der Waals surface area contributed by atoms with Crippen LogP contribution in [0.2, 0.25) is 0 Å². The van der Waals surface area contributed by atoms with Gasteiger partial charge in [0.15, 0.2) is 5.58 Å². The molecule has 3 N–H and O–H groups in total. The fourth-order valence-electron chi connectivity index (χ4n) is 2.68. The maximum absolute atomic E-state index is 5.73. The van der Waals surface area contributed by atoms with Gasteiger partial charge in [-0.3, -0.25) is 0 Å². The molecule has 19 heavy (non-hydrogen) atoms. The van der Waals surface area contributed by atoms with Crippen LogP contribution in [0, 0.1) is 5.41 Å². The molecule has 1 aliphatic carbocycles. The van der Waals surface area contributed by atoms with Crippen molar-refractivity contribution >= 4 is 22.8 Å². The van der Waals surface area contributed by atoms with Gasteiger partial charge in [0.25, 0.3) is 6.01 Å². The molecule has 5 heteroatoms. The summed E-state index contributed by atoms with van der Waals surface area (Å²) in [6.07, 6.45) is 1.25. The highest BCUT2D eigenvalue weighted by Crippen LogP contribution is 2.44. The van der Waals surface area contributed by atoms with Crippen LogP contribution in [-0.2, 0) is 4.74 Å². The Labute approximate surface area is 112 Å². The Hall–Kier alpha value is -1.75. The number of rotatable bonds is 3. The van der Waals surface area contributed by atoms with Crippen LogP contribution < -0.4 is 11.1 Å². The second kappa shape index (κ2) is 4.13. The fourth-order valence-corrected chi connectivity index (χ4v) is 2.68. The number of oxazole rings is 1. The van der Waals surface area contributed by atoms with Crippen molar-refractivity contribution in [1.29, 1.82) is 0 Å². The van der Waals surface area contributed by atoms with Crippen LogP contribution in [-0.4, -0.2) is 24.2 Å². The van der Waals surface area contributed by atoms with Crippen molar-refractivity contribution in [1.82, 2.24) is 4.98 Å². The molecule has 1 fully saturated rings. The summed E-state index contributed by atoms with van der Waals surface area (Å²) in [5.41, 5.74) is 8.01. The molecule has 2 aromatic rings. The largest absolute Gasteiger partial charge is 0.423 e. The number of nitrogens with two attached hydrogens (primary N) is 1. The topological polar surface area (TPSA) is 73.3 Å². The predicted octanol–water partition coefficient (Wildman–Crippen LogP) is 2.64. The summed E-state index contributed by atoms with van der Waals surface area (Å²) in [6, 6.07) is 6.33. The van der Waals surface area contributed by atoms with Crippen LogP contribution in [0.5, 0.6) is 0 Å². The number of hydrogen-bond acceptors (Lipinski definition) is 5. The van der Waals surface area contributed by atoms with Gasteiger partial charge in [-0.2, -0.15) is 4.98 Å². The molecule has 0 aliphatic heterocycles. The van der Waals surface area contributed by atoms with Gasteiger partial charge in [-0.1, -0.05) is 13.8 Å². The lowest BCUT2D eigenvalue weighted by Crippen LogP contribution is -2.57. The zero-order chi connectivity index (χ0) is 13.6. The summed E-state index contributed by atoms with van der Waals surface area (Å²) in [5.74, 6) is 0.